The zero-order valence-corrected chi connectivity index (χ0v) is 20.7. The van der Waals surface area contributed by atoms with Gasteiger partial charge in [-0.2, -0.15) is 0 Å². The number of aryl methyl sites for hydroxylation is 2. The van der Waals surface area contributed by atoms with Gasteiger partial charge in [0.2, 0.25) is 11.5 Å². The van der Waals surface area contributed by atoms with Gasteiger partial charge in [0, 0.05) is 49.7 Å². The molecule has 6 rings (SSSR count). The van der Waals surface area contributed by atoms with Crippen LogP contribution in [0.5, 0.6) is 0 Å². The molecule has 37 heavy (non-hydrogen) atoms. The van der Waals surface area contributed by atoms with Gasteiger partial charge in [-0.05, 0) is 72.9 Å². The lowest BCUT2D eigenvalue weighted by Crippen LogP contribution is -2.48. The van der Waals surface area contributed by atoms with Crippen molar-refractivity contribution in [1.29, 1.82) is 0 Å². The van der Waals surface area contributed by atoms with E-state index in [1.165, 1.54) is 12.6 Å². The van der Waals surface area contributed by atoms with Crippen LogP contribution in [-0.2, 0) is 39.3 Å². The van der Waals surface area contributed by atoms with Gasteiger partial charge in [-0.1, -0.05) is 6.07 Å². The monoisotopic (exact) mass is 503 g/mol. The molecule has 3 heterocycles. The minimum Gasteiger partial charge on any atom is -0.427 e. The molecule has 0 radical (unpaired) electrons. The molecule has 5 amide bonds. The number of urea groups is 1. The van der Waals surface area contributed by atoms with Gasteiger partial charge in [0.25, 0.3) is 5.91 Å². The molecule has 2 aliphatic heterocycles. The standard InChI is InChI=1S/C27H29N5O5/c1-28-25(35)30-20-5-6-21-18(12-20)8-10-27(21)24(34)32(26(36)37-27)15-23(33)31-14-19-13-29-11-9-16(19)4-7-22(31)17-2-3-17/h5-6,9,11-13,17,22H,2-4,7-8,10,14-15H2,1H3,(H2,28,30,35). The summed E-state index contributed by atoms with van der Waals surface area (Å²) in [6.45, 7) is 0.0826. The summed E-state index contributed by atoms with van der Waals surface area (Å²) in [5.74, 6) is -0.297. The van der Waals surface area contributed by atoms with E-state index in [-0.39, 0.29) is 24.5 Å². The number of hydrogen-bond acceptors (Lipinski definition) is 6. The molecule has 1 spiro atoms. The predicted octanol–water partition coefficient (Wildman–Crippen LogP) is 2.71. The Bertz CT molecular complexity index is 1310. The molecule has 2 aromatic rings. The molecule has 1 saturated carbocycles. The molecular formula is C27H29N5O5. The van der Waals surface area contributed by atoms with E-state index in [1.54, 1.807) is 30.6 Å². The Labute approximate surface area is 214 Å². The number of carbonyl (C=O) groups excluding carboxylic acids is 4. The quantitative estimate of drug-likeness (QED) is 0.662. The van der Waals surface area contributed by atoms with Gasteiger partial charge in [0.15, 0.2) is 0 Å². The van der Waals surface area contributed by atoms with Crippen molar-refractivity contribution >= 4 is 29.6 Å². The smallest absolute Gasteiger partial charge is 0.418 e. The van der Waals surface area contributed by atoms with E-state index in [4.69, 9.17) is 4.74 Å². The molecule has 10 heteroatoms. The van der Waals surface area contributed by atoms with Crippen molar-refractivity contribution in [2.45, 2.75) is 56.7 Å². The largest absolute Gasteiger partial charge is 0.427 e. The summed E-state index contributed by atoms with van der Waals surface area (Å²) in [6, 6.07) is 6.92. The van der Waals surface area contributed by atoms with E-state index in [9.17, 15) is 19.2 Å². The average Bonchev–Trinajstić information content (AvgIpc) is 3.66. The number of amides is 5. The topological polar surface area (TPSA) is 121 Å². The molecule has 2 unspecified atom stereocenters. The van der Waals surface area contributed by atoms with Gasteiger partial charge in [-0.3, -0.25) is 14.6 Å². The highest BCUT2D eigenvalue weighted by atomic mass is 16.6. The lowest BCUT2D eigenvalue weighted by molar-refractivity contribution is -0.143. The van der Waals surface area contributed by atoms with Crippen LogP contribution in [0, 0.1) is 5.92 Å². The Hall–Kier alpha value is -3.95. The van der Waals surface area contributed by atoms with Gasteiger partial charge in [0.1, 0.15) is 6.54 Å². The normalized spacial score (nSPS) is 24.4. The molecule has 10 nitrogen and oxygen atoms in total. The fourth-order valence-corrected chi connectivity index (χ4v) is 6.00. The van der Waals surface area contributed by atoms with E-state index >= 15 is 0 Å². The number of rotatable bonds is 4. The first-order valence-corrected chi connectivity index (χ1v) is 12.8. The first-order valence-electron chi connectivity index (χ1n) is 12.8. The number of aromatic nitrogens is 1. The first kappa shape index (κ1) is 23.4. The fraction of sp³-hybridized carbons (Fsp3) is 0.444. The van der Waals surface area contributed by atoms with Crippen LogP contribution >= 0.6 is 0 Å². The minimum absolute atomic E-state index is 0.0843. The Morgan fingerprint density at radius 2 is 1.95 bits per heavy atom. The Balaban J connectivity index is 1.23. The van der Waals surface area contributed by atoms with Gasteiger partial charge < -0.3 is 20.3 Å². The Kier molecular flexibility index (Phi) is 5.62. The highest BCUT2D eigenvalue weighted by molar-refractivity contribution is 6.06. The van der Waals surface area contributed by atoms with Crippen molar-refractivity contribution in [3.63, 3.8) is 0 Å². The van der Waals surface area contributed by atoms with Crippen molar-refractivity contribution < 1.29 is 23.9 Å². The lowest BCUT2D eigenvalue weighted by atomic mass is 9.94. The van der Waals surface area contributed by atoms with Crippen LogP contribution in [0.2, 0.25) is 0 Å². The highest BCUT2D eigenvalue weighted by Gasteiger charge is 2.58. The molecule has 2 fully saturated rings. The summed E-state index contributed by atoms with van der Waals surface area (Å²) in [5.41, 5.74) is 2.79. The summed E-state index contributed by atoms with van der Waals surface area (Å²) < 4.78 is 5.72. The Morgan fingerprint density at radius 1 is 1.11 bits per heavy atom. The molecule has 1 saturated heterocycles. The second-order valence-corrected chi connectivity index (χ2v) is 10.3. The second-order valence-electron chi connectivity index (χ2n) is 10.3. The third kappa shape index (κ3) is 4.00. The summed E-state index contributed by atoms with van der Waals surface area (Å²) in [4.78, 5) is 58.9. The van der Waals surface area contributed by atoms with E-state index < -0.39 is 17.6 Å². The molecule has 1 aromatic heterocycles. The van der Waals surface area contributed by atoms with Crippen LogP contribution in [0.1, 0.15) is 47.9 Å². The maximum absolute atomic E-state index is 13.6. The second kappa shape index (κ2) is 8.86. The van der Waals surface area contributed by atoms with Crippen LogP contribution < -0.4 is 10.6 Å². The van der Waals surface area contributed by atoms with Crippen LogP contribution in [-0.4, -0.2) is 58.4 Å². The van der Waals surface area contributed by atoms with Crippen LogP contribution in [0.4, 0.5) is 15.3 Å². The summed E-state index contributed by atoms with van der Waals surface area (Å²) in [7, 11) is 1.53. The maximum atomic E-state index is 13.6. The lowest BCUT2D eigenvalue weighted by Gasteiger charge is -2.31. The number of nitrogens with one attached hydrogen (secondary N) is 2. The zero-order chi connectivity index (χ0) is 25.7. The van der Waals surface area contributed by atoms with E-state index in [0.29, 0.717) is 36.6 Å². The third-order valence-electron chi connectivity index (χ3n) is 8.08. The number of hydrogen-bond donors (Lipinski definition) is 2. The van der Waals surface area contributed by atoms with Crippen molar-refractivity contribution in [2.75, 3.05) is 18.9 Å². The van der Waals surface area contributed by atoms with Gasteiger partial charge in [0.05, 0.1) is 0 Å². The summed E-state index contributed by atoms with van der Waals surface area (Å²) >= 11 is 0. The molecule has 0 bridgehead atoms. The van der Waals surface area contributed by atoms with Crippen molar-refractivity contribution in [3.05, 3.63) is 58.9 Å². The summed E-state index contributed by atoms with van der Waals surface area (Å²) in [5, 5.41) is 5.21. The molecule has 1 aromatic carbocycles. The predicted molar refractivity (Wildman–Crippen MR) is 132 cm³/mol. The first-order chi connectivity index (χ1) is 17.9. The Morgan fingerprint density at radius 3 is 2.73 bits per heavy atom. The fourth-order valence-electron chi connectivity index (χ4n) is 6.00. The van der Waals surface area contributed by atoms with Crippen LogP contribution in [0.25, 0.3) is 0 Å². The van der Waals surface area contributed by atoms with Crippen molar-refractivity contribution in [2.24, 2.45) is 5.92 Å². The zero-order valence-electron chi connectivity index (χ0n) is 20.7. The SMILES string of the molecule is CNC(=O)Nc1ccc2c(c1)CCC21OC(=O)N(CC(=O)N2Cc3cnccc3CCC2C2CC2)C1=O. The van der Waals surface area contributed by atoms with E-state index in [0.717, 1.165) is 41.7 Å². The summed E-state index contributed by atoms with van der Waals surface area (Å²) in [6.07, 6.45) is 7.51. The van der Waals surface area contributed by atoms with Gasteiger partial charge in [-0.15, -0.1) is 0 Å². The molecule has 4 aliphatic rings. The van der Waals surface area contributed by atoms with Crippen molar-refractivity contribution in [1.82, 2.24) is 20.1 Å². The number of fused-ring (bicyclic) bond motifs is 3. The maximum Gasteiger partial charge on any atom is 0.418 e. The van der Waals surface area contributed by atoms with Gasteiger partial charge >= 0.3 is 12.1 Å². The molecule has 2 N–H and O–H groups in total. The number of nitrogens with zero attached hydrogens (tertiary/aromatic N) is 3. The van der Waals surface area contributed by atoms with Gasteiger partial charge in [-0.25, -0.2) is 14.5 Å². The van der Waals surface area contributed by atoms with Crippen LogP contribution in [0.3, 0.4) is 0 Å². The molecular weight excluding hydrogens is 474 g/mol. The number of imide groups is 1. The average molecular weight is 504 g/mol. The van der Waals surface area contributed by atoms with E-state index in [1.807, 2.05) is 11.0 Å². The van der Waals surface area contributed by atoms with Crippen LogP contribution in [0.15, 0.2) is 36.7 Å². The molecule has 2 aliphatic carbocycles. The van der Waals surface area contributed by atoms with E-state index in [2.05, 4.69) is 15.6 Å². The highest BCUT2D eigenvalue weighted by Crippen LogP contribution is 2.46. The molecule has 192 valence electrons. The van der Waals surface area contributed by atoms with Crippen molar-refractivity contribution in [3.8, 4) is 0 Å². The third-order valence-corrected chi connectivity index (χ3v) is 8.08. The minimum atomic E-state index is -1.43. The number of benzene rings is 1. The number of pyridine rings is 1. The molecule has 2 atom stereocenters. The number of carbonyl (C=O) groups is 4. The number of anilines is 1. The number of ether oxygens (including phenoxy) is 1.